The molecule has 0 fully saturated rings. The van der Waals surface area contributed by atoms with E-state index in [0.29, 0.717) is 0 Å². The third kappa shape index (κ3) is 9.92. The highest BCUT2D eigenvalue weighted by molar-refractivity contribution is 4.66. The molecule has 2 N–H and O–H groups in total. The van der Waals surface area contributed by atoms with Crippen molar-refractivity contribution in [2.24, 2.45) is 0 Å². The van der Waals surface area contributed by atoms with Gasteiger partial charge >= 0.3 is 0 Å². The lowest BCUT2D eigenvalue weighted by molar-refractivity contribution is 0.0712. The molecule has 0 saturated heterocycles. The summed E-state index contributed by atoms with van der Waals surface area (Å²) in [6.07, 6.45) is 4.66. The van der Waals surface area contributed by atoms with Gasteiger partial charge in [0, 0.05) is 0 Å². The van der Waals surface area contributed by atoms with E-state index in [2.05, 4.69) is 12.2 Å². The Labute approximate surface area is 76.4 Å². The van der Waals surface area contributed by atoms with Crippen LogP contribution < -0.4 is 5.32 Å². The lowest BCUT2D eigenvalue weighted by Gasteiger charge is -2.16. The summed E-state index contributed by atoms with van der Waals surface area (Å²) < 4.78 is 0. The Bertz CT molecular complexity index is 96.5. The molecular formula is C10H23NO. The lowest BCUT2D eigenvalue weighted by Crippen LogP contribution is -2.27. The standard InChI is InChI=1S/C10H23NO/c1-4-5-6-8-11-9-7-10(2,3)12/h11-12H,4-9H2,1-3H3. The van der Waals surface area contributed by atoms with Crippen molar-refractivity contribution in [2.75, 3.05) is 13.1 Å². The summed E-state index contributed by atoms with van der Waals surface area (Å²) in [4.78, 5) is 0. The predicted octanol–water partition coefficient (Wildman–Crippen LogP) is 1.93. The highest BCUT2D eigenvalue weighted by Crippen LogP contribution is 2.04. The second-order valence-electron chi connectivity index (χ2n) is 4.02. The molecule has 0 aliphatic heterocycles. The van der Waals surface area contributed by atoms with Gasteiger partial charge in [-0.1, -0.05) is 19.8 Å². The van der Waals surface area contributed by atoms with Gasteiger partial charge < -0.3 is 10.4 Å². The minimum Gasteiger partial charge on any atom is -0.390 e. The van der Waals surface area contributed by atoms with Crippen LogP contribution in [0.15, 0.2) is 0 Å². The van der Waals surface area contributed by atoms with Crippen molar-refractivity contribution < 1.29 is 5.11 Å². The molecular weight excluding hydrogens is 150 g/mol. The lowest BCUT2D eigenvalue weighted by atomic mass is 10.1. The zero-order valence-corrected chi connectivity index (χ0v) is 8.69. The van der Waals surface area contributed by atoms with Crippen molar-refractivity contribution >= 4 is 0 Å². The van der Waals surface area contributed by atoms with Crippen LogP contribution in [0.3, 0.4) is 0 Å². The number of aliphatic hydroxyl groups is 1. The normalized spacial score (nSPS) is 12.0. The summed E-state index contributed by atoms with van der Waals surface area (Å²) in [5, 5.41) is 12.7. The van der Waals surface area contributed by atoms with E-state index in [1.165, 1.54) is 19.3 Å². The fourth-order valence-electron chi connectivity index (χ4n) is 1.02. The number of rotatable bonds is 7. The first-order valence-corrected chi connectivity index (χ1v) is 4.99. The van der Waals surface area contributed by atoms with Gasteiger partial charge in [-0.3, -0.25) is 0 Å². The van der Waals surface area contributed by atoms with Gasteiger partial charge in [-0.05, 0) is 39.8 Å². The first-order valence-electron chi connectivity index (χ1n) is 4.99. The van der Waals surface area contributed by atoms with E-state index < -0.39 is 5.60 Å². The fourth-order valence-corrected chi connectivity index (χ4v) is 1.02. The van der Waals surface area contributed by atoms with Gasteiger partial charge in [0.1, 0.15) is 0 Å². The molecule has 0 aliphatic rings. The largest absolute Gasteiger partial charge is 0.390 e. The van der Waals surface area contributed by atoms with Crippen LogP contribution in [0.1, 0.15) is 46.5 Å². The van der Waals surface area contributed by atoms with Crippen LogP contribution in [-0.4, -0.2) is 23.8 Å². The van der Waals surface area contributed by atoms with Crippen molar-refractivity contribution in [3.8, 4) is 0 Å². The Kier molecular flexibility index (Phi) is 6.39. The molecule has 0 aromatic rings. The molecule has 0 aromatic carbocycles. The molecule has 0 spiro atoms. The molecule has 0 heterocycles. The van der Waals surface area contributed by atoms with Crippen molar-refractivity contribution in [3.63, 3.8) is 0 Å². The van der Waals surface area contributed by atoms with Gasteiger partial charge in [-0.2, -0.15) is 0 Å². The topological polar surface area (TPSA) is 32.3 Å². The third-order valence-corrected chi connectivity index (χ3v) is 1.87. The SMILES string of the molecule is CCCCCNCCC(C)(C)O. The maximum Gasteiger partial charge on any atom is 0.0603 e. The Balaban J connectivity index is 3.01. The molecule has 74 valence electrons. The predicted molar refractivity (Wildman–Crippen MR) is 53.3 cm³/mol. The molecule has 0 bridgehead atoms. The molecule has 0 aliphatic carbocycles. The van der Waals surface area contributed by atoms with Gasteiger partial charge in [0.15, 0.2) is 0 Å². The average Bonchev–Trinajstić information content (AvgIpc) is 1.94. The minimum atomic E-state index is -0.516. The smallest absolute Gasteiger partial charge is 0.0603 e. The average molecular weight is 173 g/mol. The molecule has 0 atom stereocenters. The van der Waals surface area contributed by atoms with Crippen molar-refractivity contribution in [3.05, 3.63) is 0 Å². The maximum atomic E-state index is 9.38. The molecule has 2 nitrogen and oxygen atoms in total. The summed E-state index contributed by atoms with van der Waals surface area (Å²) in [7, 11) is 0. The van der Waals surface area contributed by atoms with Gasteiger partial charge in [0.2, 0.25) is 0 Å². The van der Waals surface area contributed by atoms with Crippen LogP contribution in [0.5, 0.6) is 0 Å². The van der Waals surface area contributed by atoms with Crippen molar-refractivity contribution in [2.45, 2.75) is 52.1 Å². The van der Waals surface area contributed by atoms with E-state index in [1.54, 1.807) is 0 Å². The van der Waals surface area contributed by atoms with Crippen LogP contribution in [0.2, 0.25) is 0 Å². The number of hydrogen-bond donors (Lipinski definition) is 2. The van der Waals surface area contributed by atoms with Gasteiger partial charge in [0.25, 0.3) is 0 Å². The molecule has 0 aromatic heterocycles. The highest BCUT2D eigenvalue weighted by Gasteiger charge is 2.10. The Morgan fingerprint density at radius 1 is 1.17 bits per heavy atom. The van der Waals surface area contributed by atoms with Crippen LogP contribution in [0, 0.1) is 0 Å². The van der Waals surface area contributed by atoms with Gasteiger partial charge in [-0.25, -0.2) is 0 Å². The second kappa shape index (κ2) is 6.44. The molecule has 0 rings (SSSR count). The number of nitrogens with one attached hydrogen (secondary N) is 1. The minimum absolute atomic E-state index is 0.516. The van der Waals surface area contributed by atoms with Gasteiger partial charge in [0.05, 0.1) is 5.60 Å². The monoisotopic (exact) mass is 173 g/mol. The van der Waals surface area contributed by atoms with E-state index in [4.69, 9.17) is 0 Å². The molecule has 0 radical (unpaired) electrons. The molecule has 2 heteroatoms. The Morgan fingerprint density at radius 3 is 2.33 bits per heavy atom. The van der Waals surface area contributed by atoms with Crippen LogP contribution in [0.4, 0.5) is 0 Å². The number of hydrogen-bond acceptors (Lipinski definition) is 2. The van der Waals surface area contributed by atoms with Crippen LogP contribution in [0.25, 0.3) is 0 Å². The molecule has 0 amide bonds. The van der Waals surface area contributed by atoms with Crippen molar-refractivity contribution in [1.29, 1.82) is 0 Å². The summed E-state index contributed by atoms with van der Waals surface area (Å²) in [6, 6.07) is 0. The summed E-state index contributed by atoms with van der Waals surface area (Å²) >= 11 is 0. The maximum absolute atomic E-state index is 9.38. The third-order valence-electron chi connectivity index (χ3n) is 1.87. The highest BCUT2D eigenvalue weighted by atomic mass is 16.3. The van der Waals surface area contributed by atoms with Gasteiger partial charge in [-0.15, -0.1) is 0 Å². The zero-order valence-electron chi connectivity index (χ0n) is 8.69. The molecule has 0 saturated carbocycles. The first kappa shape index (κ1) is 11.9. The zero-order chi connectivity index (χ0) is 9.45. The van der Waals surface area contributed by atoms with Crippen LogP contribution >= 0.6 is 0 Å². The first-order chi connectivity index (χ1) is 5.56. The molecule has 0 unspecified atom stereocenters. The summed E-state index contributed by atoms with van der Waals surface area (Å²) in [6.45, 7) is 7.91. The Morgan fingerprint density at radius 2 is 1.83 bits per heavy atom. The summed E-state index contributed by atoms with van der Waals surface area (Å²) in [5.74, 6) is 0. The van der Waals surface area contributed by atoms with E-state index in [1.807, 2.05) is 13.8 Å². The second-order valence-corrected chi connectivity index (χ2v) is 4.02. The fraction of sp³-hybridized carbons (Fsp3) is 1.00. The van der Waals surface area contributed by atoms with E-state index in [-0.39, 0.29) is 0 Å². The quantitative estimate of drug-likeness (QED) is 0.577. The van der Waals surface area contributed by atoms with E-state index in [9.17, 15) is 5.11 Å². The molecule has 12 heavy (non-hydrogen) atoms. The number of unbranched alkanes of at least 4 members (excludes halogenated alkanes) is 2. The van der Waals surface area contributed by atoms with Crippen LogP contribution in [-0.2, 0) is 0 Å². The van der Waals surface area contributed by atoms with Crippen molar-refractivity contribution in [1.82, 2.24) is 5.32 Å². The van der Waals surface area contributed by atoms with E-state index >= 15 is 0 Å². The Hall–Kier alpha value is -0.0800. The van der Waals surface area contributed by atoms with E-state index in [0.717, 1.165) is 19.5 Å². The summed E-state index contributed by atoms with van der Waals surface area (Å²) in [5.41, 5.74) is -0.516.